The van der Waals surface area contributed by atoms with E-state index in [0.717, 1.165) is 10.9 Å². The van der Waals surface area contributed by atoms with Crippen LogP contribution in [0.5, 0.6) is 0 Å². The normalized spacial score (nSPS) is 12.8. The lowest BCUT2D eigenvalue weighted by atomic mass is 9.99. The van der Waals surface area contributed by atoms with Crippen molar-refractivity contribution >= 4 is 45.8 Å². The number of carbonyl (C=O) groups is 2. The number of benzene rings is 1. The molecule has 0 heterocycles. The van der Waals surface area contributed by atoms with Crippen LogP contribution in [0.25, 0.3) is 0 Å². The SMILES string of the molecule is CCC(C)C(N)C(=O)NCC(=O)Nc1ccc(Br)cc1.Cl. The van der Waals surface area contributed by atoms with E-state index in [4.69, 9.17) is 5.73 Å². The Morgan fingerprint density at radius 1 is 1.29 bits per heavy atom. The highest BCUT2D eigenvalue weighted by Crippen LogP contribution is 2.13. The summed E-state index contributed by atoms with van der Waals surface area (Å²) in [6, 6.07) is 6.61. The van der Waals surface area contributed by atoms with Gasteiger partial charge in [0.15, 0.2) is 0 Å². The summed E-state index contributed by atoms with van der Waals surface area (Å²) in [7, 11) is 0. The Bertz CT molecular complexity index is 468. The first-order valence-electron chi connectivity index (χ1n) is 6.52. The lowest BCUT2D eigenvalue weighted by Gasteiger charge is -2.17. The topological polar surface area (TPSA) is 84.2 Å². The maximum absolute atomic E-state index is 11.7. The Hall–Kier alpha value is -1.11. The quantitative estimate of drug-likeness (QED) is 0.710. The van der Waals surface area contributed by atoms with Crippen LogP contribution in [-0.2, 0) is 9.59 Å². The summed E-state index contributed by atoms with van der Waals surface area (Å²) in [5, 5.41) is 5.24. The second-order valence-electron chi connectivity index (χ2n) is 4.68. The first-order valence-corrected chi connectivity index (χ1v) is 7.32. The van der Waals surface area contributed by atoms with Crippen LogP contribution in [0.4, 0.5) is 5.69 Å². The van der Waals surface area contributed by atoms with Gasteiger partial charge in [0.1, 0.15) is 0 Å². The van der Waals surface area contributed by atoms with Crippen molar-refractivity contribution in [3.05, 3.63) is 28.7 Å². The summed E-state index contributed by atoms with van der Waals surface area (Å²) in [4.78, 5) is 23.4. The summed E-state index contributed by atoms with van der Waals surface area (Å²) in [5.41, 5.74) is 6.46. The minimum atomic E-state index is -0.583. The molecule has 0 aliphatic heterocycles. The molecule has 1 rings (SSSR count). The first kappa shape index (κ1) is 19.9. The zero-order valence-electron chi connectivity index (χ0n) is 12.1. The molecule has 1 aromatic carbocycles. The van der Waals surface area contributed by atoms with E-state index in [2.05, 4.69) is 26.6 Å². The molecule has 7 heteroatoms. The number of carbonyl (C=O) groups excluding carboxylic acids is 2. The van der Waals surface area contributed by atoms with Gasteiger partial charge < -0.3 is 16.4 Å². The van der Waals surface area contributed by atoms with Crippen LogP contribution < -0.4 is 16.4 Å². The molecule has 2 unspecified atom stereocenters. The van der Waals surface area contributed by atoms with E-state index in [9.17, 15) is 9.59 Å². The Labute approximate surface area is 139 Å². The number of hydrogen-bond acceptors (Lipinski definition) is 3. The van der Waals surface area contributed by atoms with Crippen LogP contribution in [0, 0.1) is 5.92 Å². The molecule has 0 saturated heterocycles. The third kappa shape index (κ3) is 6.93. The van der Waals surface area contributed by atoms with Crippen LogP contribution in [-0.4, -0.2) is 24.4 Å². The van der Waals surface area contributed by atoms with E-state index in [-0.39, 0.29) is 36.7 Å². The molecule has 0 aliphatic rings. The second-order valence-corrected chi connectivity index (χ2v) is 5.60. The molecule has 4 N–H and O–H groups in total. The molecule has 2 atom stereocenters. The largest absolute Gasteiger partial charge is 0.346 e. The Balaban J connectivity index is 0.00000400. The van der Waals surface area contributed by atoms with Crippen molar-refractivity contribution in [2.75, 3.05) is 11.9 Å². The lowest BCUT2D eigenvalue weighted by molar-refractivity contribution is -0.125. The molecule has 0 saturated carbocycles. The van der Waals surface area contributed by atoms with Crippen molar-refractivity contribution in [2.45, 2.75) is 26.3 Å². The van der Waals surface area contributed by atoms with Gasteiger partial charge in [0.2, 0.25) is 11.8 Å². The second kappa shape index (κ2) is 9.76. The number of hydrogen-bond donors (Lipinski definition) is 3. The van der Waals surface area contributed by atoms with Crippen LogP contribution in [0.2, 0.25) is 0 Å². The van der Waals surface area contributed by atoms with Gasteiger partial charge in [-0.05, 0) is 30.2 Å². The van der Waals surface area contributed by atoms with Gasteiger partial charge in [-0.3, -0.25) is 9.59 Å². The van der Waals surface area contributed by atoms with E-state index < -0.39 is 6.04 Å². The summed E-state index contributed by atoms with van der Waals surface area (Å²) in [6.07, 6.45) is 0.819. The van der Waals surface area contributed by atoms with Gasteiger partial charge in [0.05, 0.1) is 12.6 Å². The number of amides is 2. The highest BCUT2D eigenvalue weighted by molar-refractivity contribution is 9.10. The molecule has 1 aromatic rings. The first-order chi connectivity index (χ1) is 9.43. The fourth-order valence-electron chi connectivity index (χ4n) is 1.54. The fraction of sp³-hybridized carbons (Fsp3) is 0.429. The maximum atomic E-state index is 11.7. The van der Waals surface area contributed by atoms with E-state index >= 15 is 0 Å². The minimum absolute atomic E-state index is 0. The van der Waals surface area contributed by atoms with E-state index in [1.165, 1.54) is 0 Å². The Kier molecular flexibility index (Phi) is 9.24. The number of nitrogens with two attached hydrogens (primary N) is 1. The fourth-order valence-corrected chi connectivity index (χ4v) is 1.80. The highest BCUT2D eigenvalue weighted by atomic mass is 79.9. The Morgan fingerprint density at radius 3 is 2.38 bits per heavy atom. The van der Waals surface area contributed by atoms with Gasteiger partial charge in [-0.1, -0.05) is 36.2 Å². The predicted molar refractivity (Wildman–Crippen MR) is 90.5 cm³/mol. The molecule has 0 radical (unpaired) electrons. The summed E-state index contributed by atoms with van der Waals surface area (Å²) >= 11 is 3.31. The molecule has 0 bridgehead atoms. The average Bonchev–Trinajstić information content (AvgIpc) is 2.45. The number of nitrogens with one attached hydrogen (secondary N) is 2. The smallest absolute Gasteiger partial charge is 0.243 e. The van der Waals surface area contributed by atoms with Crippen LogP contribution in [0.3, 0.4) is 0 Å². The van der Waals surface area contributed by atoms with Crippen molar-refractivity contribution in [3.63, 3.8) is 0 Å². The average molecular weight is 379 g/mol. The van der Waals surface area contributed by atoms with Gasteiger partial charge in [-0.2, -0.15) is 0 Å². The predicted octanol–water partition coefficient (Wildman–Crippen LogP) is 2.30. The van der Waals surface area contributed by atoms with E-state index in [1.807, 2.05) is 26.0 Å². The molecule has 118 valence electrons. The van der Waals surface area contributed by atoms with Crippen molar-refractivity contribution in [1.82, 2.24) is 5.32 Å². The molecule has 5 nitrogen and oxygen atoms in total. The monoisotopic (exact) mass is 377 g/mol. The third-order valence-electron chi connectivity index (χ3n) is 3.11. The van der Waals surface area contributed by atoms with E-state index in [1.54, 1.807) is 12.1 Å². The van der Waals surface area contributed by atoms with Gasteiger partial charge in [-0.15, -0.1) is 12.4 Å². The summed E-state index contributed by atoms with van der Waals surface area (Å²) in [5.74, 6) is -0.494. The minimum Gasteiger partial charge on any atom is -0.346 e. The molecule has 0 spiro atoms. The van der Waals surface area contributed by atoms with Crippen molar-refractivity contribution in [2.24, 2.45) is 11.7 Å². The van der Waals surface area contributed by atoms with Crippen molar-refractivity contribution in [3.8, 4) is 0 Å². The summed E-state index contributed by atoms with van der Waals surface area (Å²) < 4.78 is 0.934. The van der Waals surface area contributed by atoms with Crippen LogP contribution >= 0.6 is 28.3 Å². The molecule has 2 amide bonds. The number of halogens is 2. The zero-order chi connectivity index (χ0) is 15.1. The van der Waals surface area contributed by atoms with Crippen molar-refractivity contribution in [1.29, 1.82) is 0 Å². The molecule has 0 fully saturated rings. The number of rotatable bonds is 6. The van der Waals surface area contributed by atoms with Crippen molar-refractivity contribution < 1.29 is 9.59 Å². The molecule has 0 aromatic heterocycles. The van der Waals surface area contributed by atoms with E-state index in [0.29, 0.717) is 5.69 Å². The molecule has 21 heavy (non-hydrogen) atoms. The van der Waals surface area contributed by atoms with Gasteiger partial charge >= 0.3 is 0 Å². The Morgan fingerprint density at radius 2 is 1.86 bits per heavy atom. The van der Waals surface area contributed by atoms with Gasteiger partial charge in [0.25, 0.3) is 0 Å². The maximum Gasteiger partial charge on any atom is 0.243 e. The highest BCUT2D eigenvalue weighted by Gasteiger charge is 2.19. The van der Waals surface area contributed by atoms with Crippen LogP contribution in [0.1, 0.15) is 20.3 Å². The van der Waals surface area contributed by atoms with Gasteiger partial charge in [0, 0.05) is 10.2 Å². The molecular weight excluding hydrogens is 358 g/mol. The standard InChI is InChI=1S/C14H20BrN3O2.ClH/c1-3-9(2)13(16)14(20)17-8-12(19)18-11-6-4-10(15)5-7-11;/h4-7,9,13H,3,8,16H2,1-2H3,(H,17,20)(H,18,19);1H. The molecule has 0 aliphatic carbocycles. The number of anilines is 1. The van der Waals surface area contributed by atoms with Gasteiger partial charge in [-0.25, -0.2) is 0 Å². The third-order valence-corrected chi connectivity index (χ3v) is 3.64. The zero-order valence-corrected chi connectivity index (χ0v) is 14.5. The lowest BCUT2D eigenvalue weighted by Crippen LogP contribution is -2.46. The van der Waals surface area contributed by atoms with Crippen LogP contribution in [0.15, 0.2) is 28.7 Å². The molecular formula is C14H21BrClN3O2. The summed E-state index contributed by atoms with van der Waals surface area (Å²) in [6.45, 7) is 3.79.